The normalized spacial score (nSPS) is 10.7. The lowest BCUT2D eigenvalue weighted by Gasteiger charge is -2.03. The summed E-state index contributed by atoms with van der Waals surface area (Å²) in [4.78, 5) is 21.9. The van der Waals surface area contributed by atoms with E-state index in [0.29, 0.717) is 5.69 Å². The molecule has 2 heterocycles. The highest BCUT2D eigenvalue weighted by Gasteiger charge is 2.10. The molecule has 0 bridgehead atoms. The first-order valence-electron chi connectivity index (χ1n) is 5.37. The van der Waals surface area contributed by atoms with E-state index in [1.807, 2.05) is 30.5 Å². The zero-order chi connectivity index (χ0) is 12.5. The number of fused-ring (bicyclic) bond motifs is 1. The van der Waals surface area contributed by atoms with Gasteiger partial charge in [-0.25, -0.2) is 14.8 Å². The van der Waals surface area contributed by atoms with Crippen molar-refractivity contribution in [1.29, 1.82) is 0 Å². The molecule has 0 amide bonds. The van der Waals surface area contributed by atoms with Gasteiger partial charge in [0.2, 0.25) is 0 Å². The minimum absolute atomic E-state index is 0.00691. The smallest absolute Gasteiger partial charge is 0.354 e. The molecule has 0 aliphatic rings. The summed E-state index contributed by atoms with van der Waals surface area (Å²) in [5, 5.41) is 9.94. The molecule has 0 spiro atoms. The molecule has 2 N–H and O–H groups in total. The number of nitrogens with one attached hydrogen (secondary N) is 1. The summed E-state index contributed by atoms with van der Waals surface area (Å²) in [6.45, 7) is 0. The van der Waals surface area contributed by atoms with Crippen molar-refractivity contribution < 1.29 is 9.90 Å². The first kappa shape index (κ1) is 10.5. The van der Waals surface area contributed by atoms with E-state index in [4.69, 9.17) is 5.11 Å². The Hall–Kier alpha value is -2.69. The monoisotopic (exact) mass is 239 g/mol. The lowest BCUT2D eigenvalue weighted by Crippen LogP contribution is -2.01. The number of carboxylic acids is 1. The third kappa shape index (κ3) is 1.62. The quantitative estimate of drug-likeness (QED) is 0.719. The molecule has 0 aliphatic heterocycles. The molecule has 5 heteroatoms. The SMILES string of the molecule is O=C(O)c1cc(-c2cccc3[nH]ccc23)ncn1. The van der Waals surface area contributed by atoms with Gasteiger partial charge in [-0.05, 0) is 18.2 Å². The molecule has 2 aromatic heterocycles. The summed E-state index contributed by atoms with van der Waals surface area (Å²) in [5.41, 5.74) is 2.47. The van der Waals surface area contributed by atoms with E-state index in [2.05, 4.69) is 15.0 Å². The second-order valence-corrected chi connectivity index (χ2v) is 3.84. The van der Waals surface area contributed by atoms with Crippen LogP contribution in [0.4, 0.5) is 0 Å². The van der Waals surface area contributed by atoms with Crippen molar-refractivity contribution in [1.82, 2.24) is 15.0 Å². The highest BCUT2D eigenvalue weighted by molar-refractivity contribution is 5.95. The van der Waals surface area contributed by atoms with Gasteiger partial charge in [0.1, 0.15) is 6.33 Å². The number of rotatable bonds is 2. The van der Waals surface area contributed by atoms with Crippen molar-refractivity contribution in [3.8, 4) is 11.3 Å². The van der Waals surface area contributed by atoms with Crippen LogP contribution in [0, 0.1) is 0 Å². The molecule has 3 rings (SSSR count). The number of hydrogen-bond acceptors (Lipinski definition) is 3. The lowest BCUT2D eigenvalue weighted by atomic mass is 10.1. The Balaban J connectivity index is 2.23. The number of aromatic nitrogens is 3. The van der Waals surface area contributed by atoms with Crippen molar-refractivity contribution >= 4 is 16.9 Å². The Morgan fingerprint density at radius 2 is 2.11 bits per heavy atom. The molecule has 0 radical (unpaired) electrons. The van der Waals surface area contributed by atoms with Gasteiger partial charge in [0.05, 0.1) is 5.69 Å². The number of benzene rings is 1. The van der Waals surface area contributed by atoms with Gasteiger partial charge in [-0.3, -0.25) is 0 Å². The molecule has 18 heavy (non-hydrogen) atoms. The third-order valence-electron chi connectivity index (χ3n) is 2.76. The molecule has 0 aliphatic carbocycles. The van der Waals surface area contributed by atoms with Crippen molar-refractivity contribution in [2.45, 2.75) is 0 Å². The Bertz CT molecular complexity index is 734. The third-order valence-corrected chi connectivity index (χ3v) is 2.76. The van der Waals surface area contributed by atoms with E-state index >= 15 is 0 Å². The predicted octanol–water partition coefficient (Wildman–Crippen LogP) is 2.32. The minimum Gasteiger partial charge on any atom is -0.477 e. The Morgan fingerprint density at radius 1 is 1.22 bits per heavy atom. The van der Waals surface area contributed by atoms with E-state index in [9.17, 15) is 4.79 Å². The second-order valence-electron chi connectivity index (χ2n) is 3.84. The molecule has 0 fully saturated rings. The number of hydrogen-bond donors (Lipinski definition) is 2. The van der Waals surface area contributed by atoms with Crippen LogP contribution in [0.1, 0.15) is 10.5 Å². The van der Waals surface area contributed by atoms with Gasteiger partial charge in [-0.2, -0.15) is 0 Å². The summed E-state index contributed by atoms with van der Waals surface area (Å²) in [5.74, 6) is -1.06. The summed E-state index contributed by atoms with van der Waals surface area (Å²) in [6, 6.07) is 9.18. The number of aromatic carboxylic acids is 1. The molecule has 0 saturated carbocycles. The fourth-order valence-corrected chi connectivity index (χ4v) is 1.93. The first-order chi connectivity index (χ1) is 8.75. The molecular formula is C13H9N3O2. The number of aromatic amines is 1. The Morgan fingerprint density at radius 3 is 2.94 bits per heavy atom. The topological polar surface area (TPSA) is 78.9 Å². The van der Waals surface area contributed by atoms with Crippen molar-refractivity contribution in [2.75, 3.05) is 0 Å². The fourth-order valence-electron chi connectivity index (χ4n) is 1.93. The Labute approximate surface area is 102 Å². The number of H-pyrrole nitrogens is 1. The zero-order valence-corrected chi connectivity index (χ0v) is 9.29. The van der Waals surface area contributed by atoms with Gasteiger partial charge in [-0.1, -0.05) is 12.1 Å². The number of nitrogens with zero attached hydrogens (tertiary/aromatic N) is 2. The molecule has 3 aromatic rings. The van der Waals surface area contributed by atoms with Crippen LogP contribution in [0.5, 0.6) is 0 Å². The molecule has 0 saturated heterocycles. The van der Waals surface area contributed by atoms with Gasteiger partial charge in [0.15, 0.2) is 5.69 Å². The van der Waals surface area contributed by atoms with Crippen molar-refractivity contribution in [3.05, 3.63) is 48.5 Å². The number of carboxylic acid groups (broad SMARTS) is 1. The minimum atomic E-state index is -1.06. The van der Waals surface area contributed by atoms with Crippen LogP contribution in [-0.2, 0) is 0 Å². The van der Waals surface area contributed by atoms with Gasteiger partial charge in [-0.15, -0.1) is 0 Å². The number of carbonyl (C=O) groups is 1. The lowest BCUT2D eigenvalue weighted by molar-refractivity contribution is 0.0690. The van der Waals surface area contributed by atoms with Crippen molar-refractivity contribution in [3.63, 3.8) is 0 Å². The van der Waals surface area contributed by atoms with E-state index < -0.39 is 5.97 Å². The first-order valence-corrected chi connectivity index (χ1v) is 5.37. The summed E-state index contributed by atoms with van der Waals surface area (Å²) < 4.78 is 0. The van der Waals surface area contributed by atoms with Crippen LogP contribution in [0.2, 0.25) is 0 Å². The average Bonchev–Trinajstić information content (AvgIpc) is 2.87. The van der Waals surface area contributed by atoms with Crippen LogP contribution in [-0.4, -0.2) is 26.0 Å². The maximum absolute atomic E-state index is 10.9. The maximum Gasteiger partial charge on any atom is 0.354 e. The van der Waals surface area contributed by atoms with Gasteiger partial charge in [0.25, 0.3) is 0 Å². The summed E-state index contributed by atoms with van der Waals surface area (Å²) >= 11 is 0. The molecule has 1 aromatic carbocycles. The highest BCUT2D eigenvalue weighted by atomic mass is 16.4. The zero-order valence-electron chi connectivity index (χ0n) is 9.29. The largest absolute Gasteiger partial charge is 0.477 e. The molecule has 88 valence electrons. The van der Waals surface area contributed by atoms with E-state index in [1.165, 1.54) is 12.4 Å². The van der Waals surface area contributed by atoms with Gasteiger partial charge in [0, 0.05) is 22.7 Å². The van der Waals surface area contributed by atoms with Crippen LogP contribution in [0.15, 0.2) is 42.9 Å². The standard InChI is InChI=1S/C13H9N3O2/c17-13(18)12-6-11(15-7-16-12)8-2-1-3-10-9(8)4-5-14-10/h1-7,14H,(H,17,18). The molecular weight excluding hydrogens is 230 g/mol. The van der Waals surface area contributed by atoms with E-state index in [0.717, 1.165) is 16.5 Å². The fraction of sp³-hybridized carbons (Fsp3) is 0. The molecule has 0 unspecified atom stereocenters. The van der Waals surface area contributed by atoms with Crippen LogP contribution < -0.4 is 0 Å². The van der Waals surface area contributed by atoms with Crippen molar-refractivity contribution in [2.24, 2.45) is 0 Å². The van der Waals surface area contributed by atoms with Crippen LogP contribution in [0.3, 0.4) is 0 Å². The van der Waals surface area contributed by atoms with Gasteiger partial charge < -0.3 is 10.1 Å². The molecule has 5 nitrogen and oxygen atoms in total. The van der Waals surface area contributed by atoms with E-state index in [1.54, 1.807) is 0 Å². The second kappa shape index (κ2) is 3.96. The van der Waals surface area contributed by atoms with Crippen LogP contribution >= 0.6 is 0 Å². The molecule has 0 atom stereocenters. The maximum atomic E-state index is 10.9. The van der Waals surface area contributed by atoms with Crippen LogP contribution in [0.25, 0.3) is 22.2 Å². The van der Waals surface area contributed by atoms with Gasteiger partial charge >= 0.3 is 5.97 Å². The Kier molecular flexibility index (Phi) is 2.30. The summed E-state index contributed by atoms with van der Waals surface area (Å²) in [7, 11) is 0. The predicted molar refractivity (Wildman–Crippen MR) is 66.3 cm³/mol. The average molecular weight is 239 g/mol. The summed E-state index contributed by atoms with van der Waals surface area (Å²) in [6.07, 6.45) is 3.11. The van der Waals surface area contributed by atoms with E-state index in [-0.39, 0.29) is 5.69 Å². The highest BCUT2D eigenvalue weighted by Crippen LogP contribution is 2.26.